The van der Waals surface area contributed by atoms with Gasteiger partial charge in [-0.1, -0.05) is 12.1 Å². The van der Waals surface area contributed by atoms with E-state index in [-0.39, 0.29) is 0 Å². The molecule has 1 aliphatic heterocycles. The van der Waals surface area contributed by atoms with Gasteiger partial charge in [0.15, 0.2) is 0 Å². The van der Waals surface area contributed by atoms with E-state index in [2.05, 4.69) is 47.0 Å². The lowest BCUT2D eigenvalue weighted by molar-refractivity contribution is 0.575. The molecule has 1 aliphatic rings. The van der Waals surface area contributed by atoms with E-state index in [0.717, 1.165) is 37.6 Å². The smallest absolute Gasteiger partial charge is 0.206 e. The molecule has 17 heavy (non-hydrogen) atoms. The average molecular weight is 230 g/mol. The van der Waals surface area contributed by atoms with E-state index >= 15 is 0 Å². The van der Waals surface area contributed by atoms with Crippen LogP contribution in [0, 0.1) is 6.92 Å². The Morgan fingerprint density at radius 2 is 2.00 bits per heavy atom. The van der Waals surface area contributed by atoms with Crippen molar-refractivity contribution < 1.29 is 0 Å². The van der Waals surface area contributed by atoms with Crippen LogP contribution in [0.2, 0.25) is 0 Å². The van der Waals surface area contributed by atoms with Crippen molar-refractivity contribution >= 4 is 17.0 Å². The number of hydrogen-bond acceptors (Lipinski definition) is 3. The Labute approximate surface area is 101 Å². The first kappa shape index (κ1) is 10.6. The predicted octanol–water partition coefficient (Wildman–Crippen LogP) is 1.29. The maximum atomic E-state index is 4.76. The van der Waals surface area contributed by atoms with Crippen LogP contribution in [0.4, 0.5) is 5.95 Å². The molecule has 0 amide bonds. The molecule has 4 heteroatoms. The Morgan fingerprint density at radius 1 is 1.24 bits per heavy atom. The first-order valence-corrected chi connectivity index (χ1v) is 6.15. The van der Waals surface area contributed by atoms with E-state index in [1.54, 1.807) is 0 Å². The van der Waals surface area contributed by atoms with Crippen molar-refractivity contribution in [1.82, 2.24) is 14.9 Å². The van der Waals surface area contributed by atoms with E-state index in [0.29, 0.717) is 0 Å². The van der Waals surface area contributed by atoms with E-state index in [1.807, 2.05) is 0 Å². The summed E-state index contributed by atoms with van der Waals surface area (Å²) in [5.74, 6) is 1.09. The van der Waals surface area contributed by atoms with Crippen LogP contribution in [0.5, 0.6) is 0 Å². The largest absolute Gasteiger partial charge is 0.340 e. The molecule has 0 saturated carbocycles. The summed E-state index contributed by atoms with van der Waals surface area (Å²) in [7, 11) is 2.11. The van der Waals surface area contributed by atoms with Crippen molar-refractivity contribution in [3.8, 4) is 0 Å². The number of hydrogen-bond donors (Lipinski definition) is 1. The topological polar surface area (TPSA) is 33.1 Å². The van der Waals surface area contributed by atoms with Gasteiger partial charge in [0.1, 0.15) is 0 Å². The van der Waals surface area contributed by atoms with Crippen LogP contribution < -0.4 is 10.2 Å². The molecule has 1 aromatic heterocycles. The zero-order valence-corrected chi connectivity index (χ0v) is 10.4. The number of piperazine rings is 1. The molecular formula is C13H18N4. The van der Waals surface area contributed by atoms with Gasteiger partial charge in [-0.2, -0.15) is 0 Å². The standard InChI is InChI=1S/C13H18N4/c1-10-4-3-5-11-12(10)16(2)13(15-11)17-8-6-14-7-9-17/h3-5,14H,6-9H2,1-2H3. The highest BCUT2D eigenvalue weighted by Gasteiger charge is 2.17. The number of rotatable bonds is 1. The quantitative estimate of drug-likeness (QED) is 0.801. The number of benzene rings is 1. The third-order valence-corrected chi connectivity index (χ3v) is 3.47. The van der Waals surface area contributed by atoms with Crippen molar-refractivity contribution in [2.45, 2.75) is 6.92 Å². The van der Waals surface area contributed by atoms with E-state index in [1.165, 1.54) is 11.1 Å². The third kappa shape index (κ3) is 1.69. The molecule has 3 rings (SSSR count). The average Bonchev–Trinajstić information content (AvgIpc) is 2.69. The maximum absolute atomic E-state index is 4.76. The summed E-state index contributed by atoms with van der Waals surface area (Å²) < 4.78 is 2.22. The van der Waals surface area contributed by atoms with E-state index in [4.69, 9.17) is 4.98 Å². The fourth-order valence-corrected chi connectivity index (χ4v) is 2.60. The molecule has 1 saturated heterocycles. The molecule has 90 valence electrons. The highest BCUT2D eigenvalue weighted by atomic mass is 15.3. The van der Waals surface area contributed by atoms with Gasteiger partial charge in [0, 0.05) is 33.2 Å². The fraction of sp³-hybridized carbons (Fsp3) is 0.462. The Morgan fingerprint density at radius 3 is 2.71 bits per heavy atom. The minimum Gasteiger partial charge on any atom is -0.340 e. The summed E-state index contributed by atoms with van der Waals surface area (Å²) in [5, 5.41) is 3.37. The lowest BCUT2D eigenvalue weighted by Gasteiger charge is -2.28. The predicted molar refractivity (Wildman–Crippen MR) is 70.5 cm³/mol. The van der Waals surface area contributed by atoms with Crippen molar-refractivity contribution in [1.29, 1.82) is 0 Å². The van der Waals surface area contributed by atoms with Crippen LogP contribution in [0.3, 0.4) is 0 Å². The van der Waals surface area contributed by atoms with Gasteiger partial charge in [-0.25, -0.2) is 4.98 Å². The Kier molecular flexibility index (Phi) is 2.52. The number of para-hydroxylation sites is 1. The van der Waals surface area contributed by atoms with Crippen LogP contribution in [-0.4, -0.2) is 35.7 Å². The van der Waals surface area contributed by atoms with Crippen molar-refractivity contribution in [3.05, 3.63) is 23.8 Å². The normalized spacial score (nSPS) is 16.7. The lowest BCUT2D eigenvalue weighted by Crippen LogP contribution is -2.44. The monoisotopic (exact) mass is 230 g/mol. The minimum atomic E-state index is 1.04. The first-order chi connectivity index (χ1) is 8.27. The van der Waals surface area contributed by atoms with Gasteiger partial charge in [0.25, 0.3) is 0 Å². The van der Waals surface area contributed by atoms with Gasteiger partial charge in [-0.15, -0.1) is 0 Å². The molecular weight excluding hydrogens is 212 g/mol. The van der Waals surface area contributed by atoms with Crippen molar-refractivity contribution in [2.75, 3.05) is 31.1 Å². The fourth-order valence-electron chi connectivity index (χ4n) is 2.60. The second-order valence-electron chi connectivity index (χ2n) is 4.65. The highest BCUT2D eigenvalue weighted by molar-refractivity contribution is 5.82. The third-order valence-electron chi connectivity index (χ3n) is 3.47. The number of anilines is 1. The second kappa shape index (κ2) is 4.04. The van der Waals surface area contributed by atoms with Gasteiger partial charge in [-0.05, 0) is 18.6 Å². The van der Waals surface area contributed by atoms with Gasteiger partial charge in [-0.3, -0.25) is 0 Å². The van der Waals surface area contributed by atoms with E-state index < -0.39 is 0 Å². The molecule has 0 aliphatic carbocycles. The number of nitrogens with one attached hydrogen (secondary N) is 1. The highest BCUT2D eigenvalue weighted by Crippen LogP contribution is 2.23. The first-order valence-electron chi connectivity index (χ1n) is 6.15. The van der Waals surface area contributed by atoms with Crippen LogP contribution in [-0.2, 0) is 7.05 Å². The minimum absolute atomic E-state index is 1.04. The van der Waals surface area contributed by atoms with Crippen LogP contribution in [0.1, 0.15) is 5.56 Å². The summed E-state index contributed by atoms with van der Waals surface area (Å²) >= 11 is 0. The molecule has 1 fully saturated rings. The Hall–Kier alpha value is -1.55. The Bertz CT molecular complexity index is 538. The molecule has 4 nitrogen and oxygen atoms in total. The molecule has 0 radical (unpaired) electrons. The van der Waals surface area contributed by atoms with E-state index in [9.17, 15) is 0 Å². The van der Waals surface area contributed by atoms with Crippen molar-refractivity contribution in [3.63, 3.8) is 0 Å². The zero-order valence-electron chi connectivity index (χ0n) is 10.4. The zero-order chi connectivity index (χ0) is 11.8. The van der Waals surface area contributed by atoms with Crippen molar-refractivity contribution in [2.24, 2.45) is 7.05 Å². The van der Waals surface area contributed by atoms with Crippen LogP contribution in [0.15, 0.2) is 18.2 Å². The number of nitrogens with zero attached hydrogens (tertiary/aromatic N) is 3. The summed E-state index contributed by atoms with van der Waals surface area (Å²) in [6, 6.07) is 6.31. The molecule has 0 spiro atoms. The summed E-state index contributed by atoms with van der Waals surface area (Å²) in [6.07, 6.45) is 0. The number of fused-ring (bicyclic) bond motifs is 1. The molecule has 0 bridgehead atoms. The maximum Gasteiger partial charge on any atom is 0.206 e. The summed E-state index contributed by atoms with van der Waals surface area (Å²) in [5.41, 5.74) is 3.64. The molecule has 0 unspecified atom stereocenters. The van der Waals surface area contributed by atoms with Gasteiger partial charge in [0.2, 0.25) is 5.95 Å². The molecule has 2 aromatic rings. The molecule has 0 atom stereocenters. The molecule has 2 heterocycles. The molecule has 1 aromatic carbocycles. The van der Waals surface area contributed by atoms with Gasteiger partial charge in [0.05, 0.1) is 11.0 Å². The number of imidazole rings is 1. The second-order valence-corrected chi connectivity index (χ2v) is 4.65. The van der Waals surface area contributed by atoms with Crippen LogP contribution >= 0.6 is 0 Å². The summed E-state index contributed by atoms with van der Waals surface area (Å²) in [4.78, 5) is 7.11. The van der Waals surface area contributed by atoms with Gasteiger partial charge >= 0.3 is 0 Å². The number of aromatic nitrogens is 2. The SMILES string of the molecule is Cc1cccc2nc(N3CCNCC3)n(C)c12. The Balaban J connectivity index is 2.10. The number of aryl methyl sites for hydroxylation is 2. The van der Waals surface area contributed by atoms with Gasteiger partial charge < -0.3 is 14.8 Å². The summed E-state index contributed by atoms with van der Waals surface area (Å²) in [6.45, 7) is 6.31. The van der Waals surface area contributed by atoms with Crippen LogP contribution in [0.25, 0.3) is 11.0 Å². The molecule has 1 N–H and O–H groups in total. The lowest BCUT2D eigenvalue weighted by atomic mass is 10.2.